The van der Waals surface area contributed by atoms with Crippen molar-refractivity contribution in [3.8, 4) is 11.3 Å². The maximum Gasteiger partial charge on any atom is 0.358 e. The molecule has 0 saturated carbocycles. The number of carboxylic acid groups (broad SMARTS) is 1. The molecule has 3 aromatic rings. The molecular weight excluding hydrogens is 224 g/mol. The summed E-state index contributed by atoms with van der Waals surface area (Å²) in [4.78, 5) is 18.6. The largest absolute Gasteiger partial charge is 0.476 e. The van der Waals surface area contributed by atoms with Crippen LogP contribution in [0.3, 0.4) is 0 Å². The molecule has 0 fully saturated rings. The number of hydrogen-bond donors (Lipinski definition) is 1. The van der Waals surface area contributed by atoms with Gasteiger partial charge in [0.25, 0.3) is 0 Å². The molecule has 0 aliphatic heterocycles. The lowest BCUT2D eigenvalue weighted by atomic mass is 10.2. The highest BCUT2D eigenvalue weighted by Gasteiger charge is 2.20. The Labute approximate surface area is 94.3 Å². The fourth-order valence-electron chi connectivity index (χ4n) is 1.60. The zero-order chi connectivity index (χ0) is 11.8. The topological polar surface area (TPSA) is 93.5 Å². The molecule has 0 bridgehead atoms. The lowest BCUT2D eigenvalue weighted by Crippen LogP contribution is -1.98. The predicted molar refractivity (Wildman–Crippen MR) is 55.4 cm³/mol. The molecule has 0 atom stereocenters. The van der Waals surface area contributed by atoms with Gasteiger partial charge in [-0.3, -0.25) is 4.98 Å². The first-order valence-electron chi connectivity index (χ1n) is 4.72. The van der Waals surface area contributed by atoms with Gasteiger partial charge in [-0.05, 0) is 0 Å². The second-order valence-corrected chi connectivity index (χ2v) is 3.30. The number of rotatable bonds is 2. The van der Waals surface area contributed by atoms with Gasteiger partial charge in [0.15, 0.2) is 17.8 Å². The highest BCUT2D eigenvalue weighted by Crippen LogP contribution is 2.26. The van der Waals surface area contributed by atoms with Gasteiger partial charge in [-0.25, -0.2) is 14.3 Å². The zero-order valence-corrected chi connectivity index (χ0v) is 8.44. The van der Waals surface area contributed by atoms with Crippen LogP contribution in [0.1, 0.15) is 10.5 Å². The summed E-state index contributed by atoms with van der Waals surface area (Å²) in [6.07, 6.45) is 7.44. The van der Waals surface area contributed by atoms with Crippen molar-refractivity contribution in [2.45, 2.75) is 0 Å². The number of hydrogen-bond acceptors (Lipinski definition) is 5. The van der Waals surface area contributed by atoms with Crippen molar-refractivity contribution in [3.63, 3.8) is 0 Å². The van der Waals surface area contributed by atoms with Gasteiger partial charge in [-0.1, -0.05) is 0 Å². The summed E-state index contributed by atoms with van der Waals surface area (Å²) >= 11 is 0. The van der Waals surface area contributed by atoms with Crippen molar-refractivity contribution >= 4 is 11.5 Å². The standard InChI is InChI=1S/C10H6N4O3/c15-10(16)8-9(17-5-12-8)6-3-13-14-2-1-11-4-7(6)14/h1-5H,(H,15,16). The van der Waals surface area contributed by atoms with Gasteiger partial charge in [-0.2, -0.15) is 5.10 Å². The first-order valence-corrected chi connectivity index (χ1v) is 4.72. The second kappa shape index (κ2) is 3.41. The number of carbonyl (C=O) groups is 1. The van der Waals surface area contributed by atoms with Crippen molar-refractivity contribution < 1.29 is 14.3 Å². The van der Waals surface area contributed by atoms with E-state index in [1.165, 1.54) is 6.20 Å². The third-order valence-electron chi connectivity index (χ3n) is 2.34. The van der Waals surface area contributed by atoms with Crippen LogP contribution in [-0.2, 0) is 0 Å². The average molecular weight is 230 g/mol. The zero-order valence-electron chi connectivity index (χ0n) is 8.44. The molecule has 0 amide bonds. The molecule has 0 aliphatic rings. The number of oxazole rings is 1. The minimum atomic E-state index is -1.14. The van der Waals surface area contributed by atoms with E-state index < -0.39 is 5.97 Å². The van der Waals surface area contributed by atoms with Gasteiger partial charge in [0.1, 0.15) is 0 Å². The monoisotopic (exact) mass is 230 g/mol. The van der Waals surface area contributed by atoms with Crippen molar-refractivity contribution in [3.05, 3.63) is 36.9 Å². The number of fused-ring (bicyclic) bond motifs is 1. The van der Waals surface area contributed by atoms with Crippen molar-refractivity contribution in [2.75, 3.05) is 0 Å². The van der Waals surface area contributed by atoms with Crippen LogP contribution in [0.15, 0.2) is 35.6 Å². The SMILES string of the molecule is O=C(O)c1ncoc1-c1cnn2ccncc12. The Morgan fingerprint density at radius 2 is 2.29 bits per heavy atom. The second-order valence-electron chi connectivity index (χ2n) is 3.30. The Hall–Kier alpha value is -2.70. The molecule has 0 aromatic carbocycles. The van der Waals surface area contributed by atoms with E-state index in [1.807, 2.05) is 0 Å². The molecule has 0 unspecified atom stereocenters. The maximum atomic E-state index is 10.9. The summed E-state index contributed by atoms with van der Waals surface area (Å²) in [5.41, 5.74) is 1.07. The van der Waals surface area contributed by atoms with Crippen LogP contribution in [0.2, 0.25) is 0 Å². The van der Waals surface area contributed by atoms with Gasteiger partial charge < -0.3 is 9.52 Å². The molecule has 3 aromatic heterocycles. The Morgan fingerprint density at radius 1 is 1.41 bits per heavy atom. The van der Waals surface area contributed by atoms with Gasteiger partial charge >= 0.3 is 5.97 Å². The van der Waals surface area contributed by atoms with E-state index in [0.717, 1.165) is 6.39 Å². The van der Waals surface area contributed by atoms with E-state index in [1.54, 1.807) is 23.1 Å². The summed E-state index contributed by atoms with van der Waals surface area (Å²) in [5.74, 6) is -0.961. The third-order valence-corrected chi connectivity index (χ3v) is 2.34. The normalized spacial score (nSPS) is 10.8. The Morgan fingerprint density at radius 3 is 3.12 bits per heavy atom. The van der Waals surface area contributed by atoms with Crippen molar-refractivity contribution in [2.24, 2.45) is 0 Å². The molecule has 1 N–H and O–H groups in total. The van der Waals surface area contributed by atoms with Gasteiger partial charge in [-0.15, -0.1) is 0 Å². The van der Waals surface area contributed by atoms with E-state index in [0.29, 0.717) is 11.1 Å². The van der Waals surface area contributed by atoms with E-state index >= 15 is 0 Å². The smallest absolute Gasteiger partial charge is 0.358 e. The molecule has 7 heteroatoms. The molecule has 84 valence electrons. The summed E-state index contributed by atoms with van der Waals surface area (Å²) in [7, 11) is 0. The lowest BCUT2D eigenvalue weighted by Gasteiger charge is -1.95. The first kappa shape index (κ1) is 9.52. The molecule has 3 rings (SSSR count). The minimum absolute atomic E-state index is 0.135. The van der Waals surface area contributed by atoms with Crippen LogP contribution < -0.4 is 0 Å². The summed E-state index contributed by atoms with van der Waals surface area (Å²) < 4.78 is 6.69. The van der Waals surface area contributed by atoms with Crippen LogP contribution >= 0.6 is 0 Å². The Kier molecular flexibility index (Phi) is 1.91. The first-order chi connectivity index (χ1) is 8.27. The Bertz CT molecular complexity index is 700. The fraction of sp³-hybridized carbons (Fsp3) is 0. The number of aromatic nitrogens is 4. The van der Waals surface area contributed by atoms with Crippen LogP contribution in [0.25, 0.3) is 16.8 Å². The molecule has 3 heterocycles. The molecule has 0 radical (unpaired) electrons. The highest BCUT2D eigenvalue weighted by molar-refractivity contribution is 5.94. The lowest BCUT2D eigenvalue weighted by molar-refractivity contribution is 0.0691. The predicted octanol–water partition coefficient (Wildman–Crippen LogP) is 1.08. The molecular formula is C10H6N4O3. The summed E-state index contributed by atoms with van der Waals surface area (Å²) in [6, 6.07) is 0. The number of carboxylic acids is 1. The van der Waals surface area contributed by atoms with E-state index in [4.69, 9.17) is 9.52 Å². The van der Waals surface area contributed by atoms with Gasteiger partial charge in [0.2, 0.25) is 0 Å². The van der Waals surface area contributed by atoms with E-state index in [-0.39, 0.29) is 11.5 Å². The number of nitrogens with zero attached hydrogens (tertiary/aromatic N) is 4. The van der Waals surface area contributed by atoms with Gasteiger partial charge in [0.05, 0.1) is 23.5 Å². The summed E-state index contributed by atoms with van der Waals surface area (Å²) in [5, 5.41) is 13.0. The highest BCUT2D eigenvalue weighted by atomic mass is 16.4. The van der Waals surface area contributed by atoms with E-state index in [9.17, 15) is 4.79 Å². The number of aromatic carboxylic acids is 1. The third kappa shape index (κ3) is 1.36. The van der Waals surface area contributed by atoms with Gasteiger partial charge in [0, 0.05) is 12.4 Å². The van der Waals surface area contributed by atoms with Crippen molar-refractivity contribution in [1.82, 2.24) is 19.6 Å². The molecule has 7 nitrogen and oxygen atoms in total. The van der Waals surface area contributed by atoms with Crippen LogP contribution in [0.4, 0.5) is 0 Å². The molecule has 0 aliphatic carbocycles. The van der Waals surface area contributed by atoms with E-state index in [2.05, 4.69) is 15.1 Å². The minimum Gasteiger partial charge on any atom is -0.476 e. The average Bonchev–Trinajstić information content (AvgIpc) is 2.94. The molecule has 0 spiro atoms. The molecule has 0 saturated heterocycles. The van der Waals surface area contributed by atoms with Crippen LogP contribution in [-0.4, -0.2) is 30.7 Å². The molecule has 17 heavy (non-hydrogen) atoms. The fourth-order valence-corrected chi connectivity index (χ4v) is 1.60. The maximum absolute atomic E-state index is 10.9. The summed E-state index contributed by atoms with van der Waals surface area (Å²) in [6.45, 7) is 0. The van der Waals surface area contributed by atoms with Crippen molar-refractivity contribution in [1.29, 1.82) is 0 Å². The van der Waals surface area contributed by atoms with Crippen LogP contribution in [0.5, 0.6) is 0 Å². The quantitative estimate of drug-likeness (QED) is 0.708. The Balaban J connectivity index is 2.28. The van der Waals surface area contributed by atoms with Crippen LogP contribution in [0, 0.1) is 0 Å².